The number of nitrogens with one attached hydrogen (secondary N) is 1. The molecule has 0 saturated carbocycles. The number of rotatable bonds is 11. The van der Waals surface area contributed by atoms with Crippen LogP contribution >= 0.6 is 11.8 Å². The number of oxazole rings is 1. The molecule has 1 N–H and O–H groups in total. The summed E-state index contributed by atoms with van der Waals surface area (Å²) >= 11 is 1.58. The topological polar surface area (TPSA) is 68.3 Å². The van der Waals surface area contributed by atoms with E-state index < -0.39 is 0 Å². The van der Waals surface area contributed by atoms with E-state index in [-0.39, 0.29) is 0 Å². The van der Waals surface area contributed by atoms with Crippen molar-refractivity contribution >= 4 is 23.3 Å². The van der Waals surface area contributed by atoms with Gasteiger partial charge >= 0.3 is 0 Å². The highest BCUT2D eigenvalue weighted by Gasteiger charge is 2.22. The maximum absolute atomic E-state index is 5.61. The zero-order valence-corrected chi connectivity index (χ0v) is 20.3. The highest BCUT2D eigenvalue weighted by Crippen LogP contribution is 2.33. The van der Waals surface area contributed by atoms with Crippen LogP contribution in [0.4, 0.5) is 5.82 Å². The average molecular weight is 454 g/mol. The molecule has 2 heterocycles. The number of thioether (sulfide) groups is 1. The molecule has 0 aliphatic carbocycles. The van der Waals surface area contributed by atoms with Gasteiger partial charge in [0.25, 0.3) is 0 Å². The van der Waals surface area contributed by atoms with Crippen molar-refractivity contribution in [2.24, 2.45) is 0 Å². The Morgan fingerprint density at radius 1 is 1.28 bits per heavy atom. The van der Waals surface area contributed by atoms with Gasteiger partial charge in [-0.2, -0.15) is 0 Å². The van der Waals surface area contributed by atoms with Gasteiger partial charge in [-0.05, 0) is 31.0 Å². The Kier molecular flexibility index (Phi) is 7.69. The van der Waals surface area contributed by atoms with Crippen LogP contribution in [0.15, 0.2) is 59.0 Å². The van der Waals surface area contributed by atoms with E-state index in [1.54, 1.807) is 25.1 Å². The maximum Gasteiger partial charge on any atom is 0.204 e. The highest BCUT2D eigenvalue weighted by molar-refractivity contribution is 7.98. The summed E-state index contributed by atoms with van der Waals surface area (Å²) in [6.45, 7) is 12.9. The molecule has 0 amide bonds. The van der Waals surface area contributed by atoms with Crippen LogP contribution in [0, 0.1) is 0 Å². The van der Waals surface area contributed by atoms with Gasteiger partial charge in [0.1, 0.15) is 17.7 Å². The predicted octanol–water partition coefficient (Wildman–Crippen LogP) is 5.26. The normalized spacial score (nSPS) is 10.8. The van der Waals surface area contributed by atoms with Gasteiger partial charge in [-0.25, -0.2) is 9.97 Å². The molecule has 0 spiro atoms. The van der Waals surface area contributed by atoms with Crippen LogP contribution in [0.3, 0.4) is 0 Å². The average Bonchev–Trinajstić information content (AvgIpc) is 3.35. The molecular formula is C24H31N5O2S. The molecule has 8 heteroatoms. The number of hydrogen-bond acceptors (Lipinski definition) is 7. The van der Waals surface area contributed by atoms with Gasteiger partial charge in [0.05, 0.1) is 30.8 Å². The lowest BCUT2D eigenvalue weighted by Gasteiger charge is -2.20. The molecular weight excluding hydrogens is 422 g/mol. The zero-order valence-electron chi connectivity index (χ0n) is 19.4. The molecule has 0 fully saturated rings. The van der Waals surface area contributed by atoms with Gasteiger partial charge in [0.15, 0.2) is 11.0 Å². The minimum Gasteiger partial charge on any atom is -0.497 e. The van der Waals surface area contributed by atoms with Crippen LogP contribution in [0.1, 0.15) is 36.7 Å². The molecule has 0 bridgehead atoms. The molecule has 7 nitrogen and oxygen atoms in total. The summed E-state index contributed by atoms with van der Waals surface area (Å²) in [6, 6.07) is 8.04. The summed E-state index contributed by atoms with van der Waals surface area (Å²) in [7, 11) is 5.62. The smallest absolute Gasteiger partial charge is 0.204 e. The van der Waals surface area contributed by atoms with E-state index in [1.807, 2.05) is 44.1 Å². The lowest BCUT2D eigenvalue weighted by molar-refractivity contribution is 0.414. The number of anilines is 1. The fourth-order valence-corrected chi connectivity index (χ4v) is 3.99. The van der Waals surface area contributed by atoms with Crippen LogP contribution < -0.4 is 10.1 Å². The molecule has 0 saturated heterocycles. The van der Waals surface area contributed by atoms with E-state index in [1.165, 1.54) is 0 Å². The molecule has 32 heavy (non-hydrogen) atoms. The van der Waals surface area contributed by atoms with Crippen molar-refractivity contribution in [3.63, 3.8) is 0 Å². The molecule has 3 rings (SSSR count). The number of ether oxygens (including phenoxy) is 1. The number of nitrogens with zero attached hydrogens (tertiary/aromatic N) is 4. The first-order chi connectivity index (χ1) is 15.3. The quantitative estimate of drug-likeness (QED) is 0.397. The summed E-state index contributed by atoms with van der Waals surface area (Å²) in [4.78, 5) is 11.4. The fourth-order valence-electron chi connectivity index (χ4n) is 3.14. The second-order valence-electron chi connectivity index (χ2n) is 7.65. The molecule has 1 aromatic carbocycles. The van der Waals surface area contributed by atoms with Crippen LogP contribution in [0.5, 0.6) is 5.75 Å². The first-order valence-corrected chi connectivity index (χ1v) is 11.4. The number of aryl methyl sites for hydroxylation is 1. The molecule has 0 atom stereocenters. The predicted molar refractivity (Wildman–Crippen MR) is 131 cm³/mol. The maximum atomic E-state index is 5.61. The van der Waals surface area contributed by atoms with E-state index in [0.717, 1.165) is 51.5 Å². The Morgan fingerprint density at radius 3 is 2.69 bits per heavy atom. The minimum atomic E-state index is 0.579. The third-order valence-corrected chi connectivity index (χ3v) is 5.80. The Bertz CT molecular complexity index is 1100. The van der Waals surface area contributed by atoms with Crippen molar-refractivity contribution in [2.45, 2.75) is 37.7 Å². The molecule has 2 aromatic heterocycles. The van der Waals surface area contributed by atoms with E-state index in [9.17, 15) is 0 Å². The van der Waals surface area contributed by atoms with E-state index in [4.69, 9.17) is 14.1 Å². The van der Waals surface area contributed by atoms with Gasteiger partial charge in [-0.3, -0.25) is 0 Å². The van der Waals surface area contributed by atoms with E-state index in [0.29, 0.717) is 18.2 Å². The first kappa shape index (κ1) is 23.5. The SMILES string of the molecule is C=C(C)Nc1nc(SCc2nc(CC)co2)n(Cc2cccc(OC)c2)c1C(=C)N(C)C. The third-order valence-electron chi connectivity index (χ3n) is 4.84. The lowest BCUT2D eigenvalue weighted by atomic mass is 10.2. The van der Waals surface area contributed by atoms with Gasteiger partial charge in [0, 0.05) is 19.8 Å². The van der Waals surface area contributed by atoms with Crippen molar-refractivity contribution in [1.29, 1.82) is 0 Å². The fraction of sp³-hybridized carbons (Fsp3) is 0.333. The number of hydrogen-bond donors (Lipinski definition) is 1. The van der Waals surface area contributed by atoms with Crippen LogP contribution in [-0.2, 0) is 18.7 Å². The van der Waals surface area contributed by atoms with Crippen molar-refractivity contribution < 1.29 is 9.15 Å². The van der Waals surface area contributed by atoms with Gasteiger partial charge in [-0.15, -0.1) is 0 Å². The van der Waals surface area contributed by atoms with Crippen LogP contribution in [0.2, 0.25) is 0 Å². The second-order valence-corrected chi connectivity index (χ2v) is 8.59. The zero-order chi connectivity index (χ0) is 23.3. The molecule has 170 valence electrons. The van der Waals surface area contributed by atoms with Crippen LogP contribution in [-0.4, -0.2) is 40.6 Å². The third kappa shape index (κ3) is 5.56. The first-order valence-electron chi connectivity index (χ1n) is 10.4. The van der Waals surface area contributed by atoms with E-state index in [2.05, 4.69) is 41.0 Å². The van der Waals surface area contributed by atoms with Gasteiger partial charge in [-0.1, -0.05) is 44.0 Å². The minimum absolute atomic E-state index is 0.579. The Labute approximate surface area is 194 Å². The Hall–Kier alpha value is -3.13. The van der Waals surface area contributed by atoms with Crippen molar-refractivity contribution in [3.8, 4) is 5.75 Å². The molecule has 0 unspecified atom stereocenters. The molecule has 3 aromatic rings. The molecule has 0 aliphatic rings. The highest BCUT2D eigenvalue weighted by atomic mass is 32.2. The van der Waals surface area contributed by atoms with Crippen LogP contribution in [0.25, 0.3) is 5.70 Å². The summed E-state index contributed by atoms with van der Waals surface area (Å²) in [6.07, 6.45) is 2.56. The number of imidazole rings is 1. The number of aromatic nitrogens is 3. The number of benzene rings is 1. The van der Waals surface area contributed by atoms with Gasteiger partial charge < -0.3 is 23.9 Å². The second kappa shape index (κ2) is 10.5. The summed E-state index contributed by atoms with van der Waals surface area (Å²) in [5.41, 5.74) is 4.61. The standard InChI is InChI=1S/C24H31N5O2S/c1-8-19-14-31-21(26-19)15-32-24-27-23(25-16(2)3)22(17(4)28(5)6)29(24)13-18-10-9-11-20(12-18)30-7/h9-12,14,25H,2,4,8,13,15H2,1,3,5-7H3. The summed E-state index contributed by atoms with van der Waals surface area (Å²) < 4.78 is 13.2. The molecule has 0 aliphatic heterocycles. The number of allylic oxidation sites excluding steroid dienone is 1. The monoisotopic (exact) mass is 453 g/mol. The van der Waals surface area contributed by atoms with Crippen molar-refractivity contribution in [1.82, 2.24) is 19.4 Å². The number of methoxy groups -OCH3 is 1. The van der Waals surface area contributed by atoms with E-state index >= 15 is 0 Å². The Balaban J connectivity index is 2.03. The Morgan fingerprint density at radius 2 is 2.06 bits per heavy atom. The lowest BCUT2D eigenvalue weighted by Crippen LogP contribution is -2.15. The summed E-state index contributed by atoms with van der Waals surface area (Å²) in [5, 5.41) is 4.14. The molecule has 0 radical (unpaired) electrons. The summed E-state index contributed by atoms with van der Waals surface area (Å²) in [5.74, 6) is 2.81. The van der Waals surface area contributed by atoms with Crippen molar-refractivity contribution in [2.75, 3.05) is 26.5 Å². The largest absolute Gasteiger partial charge is 0.497 e. The van der Waals surface area contributed by atoms with Crippen molar-refractivity contribution in [3.05, 3.63) is 72.2 Å². The van der Waals surface area contributed by atoms with Gasteiger partial charge in [0.2, 0.25) is 5.89 Å².